The molecule has 0 aliphatic carbocycles. The second kappa shape index (κ2) is 5.21. The smallest absolute Gasteiger partial charge is 0.328 e. The van der Waals surface area contributed by atoms with Crippen LogP contribution in [0.5, 0.6) is 0 Å². The number of rotatable bonds is 4. The highest BCUT2D eigenvalue weighted by atomic mass is 32.1. The van der Waals surface area contributed by atoms with Gasteiger partial charge in [-0.3, -0.25) is 9.20 Å². The van der Waals surface area contributed by atoms with Gasteiger partial charge in [0.25, 0.3) is 0 Å². The molecule has 21 heavy (non-hydrogen) atoms. The first-order valence-corrected chi connectivity index (χ1v) is 7.38. The number of aliphatic carboxylic acids is 1. The van der Waals surface area contributed by atoms with Crippen LogP contribution in [0.4, 0.5) is 5.82 Å². The SMILES string of the molecule is NC(=O)C1CCCN1c1nc2sccn2c1/C=C/C(=O)O. The van der Waals surface area contributed by atoms with Crippen LogP contribution < -0.4 is 10.6 Å². The van der Waals surface area contributed by atoms with Gasteiger partial charge in [-0.2, -0.15) is 0 Å². The molecule has 0 aromatic carbocycles. The molecule has 8 heteroatoms. The molecular weight excluding hydrogens is 292 g/mol. The Morgan fingerprint density at radius 3 is 3.05 bits per heavy atom. The normalized spacial score (nSPS) is 18.9. The van der Waals surface area contributed by atoms with Gasteiger partial charge in [0.05, 0.1) is 5.69 Å². The summed E-state index contributed by atoms with van der Waals surface area (Å²) in [6.45, 7) is 0.687. The van der Waals surface area contributed by atoms with Gasteiger partial charge in [0, 0.05) is 24.2 Å². The Morgan fingerprint density at radius 1 is 1.52 bits per heavy atom. The fourth-order valence-corrected chi connectivity index (χ4v) is 3.34. The maximum absolute atomic E-state index is 11.6. The number of hydrogen-bond donors (Lipinski definition) is 2. The highest BCUT2D eigenvalue weighted by molar-refractivity contribution is 7.15. The summed E-state index contributed by atoms with van der Waals surface area (Å²) < 4.78 is 1.82. The first-order chi connectivity index (χ1) is 10.1. The van der Waals surface area contributed by atoms with E-state index in [1.165, 1.54) is 17.4 Å². The quantitative estimate of drug-likeness (QED) is 0.819. The number of nitrogens with zero attached hydrogens (tertiary/aromatic N) is 3. The van der Waals surface area contributed by atoms with Gasteiger partial charge in [-0.1, -0.05) is 0 Å². The minimum Gasteiger partial charge on any atom is -0.478 e. The lowest BCUT2D eigenvalue weighted by atomic mass is 10.2. The number of fused-ring (bicyclic) bond motifs is 1. The molecule has 1 fully saturated rings. The van der Waals surface area contributed by atoms with Crippen molar-refractivity contribution in [2.45, 2.75) is 18.9 Å². The molecule has 2 aromatic heterocycles. The predicted octanol–water partition coefficient (Wildman–Crippen LogP) is 0.948. The van der Waals surface area contributed by atoms with Crippen molar-refractivity contribution in [2.24, 2.45) is 5.73 Å². The van der Waals surface area contributed by atoms with E-state index in [1.54, 1.807) is 0 Å². The number of hydrogen-bond acceptors (Lipinski definition) is 5. The zero-order valence-electron chi connectivity index (χ0n) is 11.1. The fraction of sp³-hybridized carbons (Fsp3) is 0.308. The van der Waals surface area contributed by atoms with Gasteiger partial charge >= 0.3 is 5.97 Å². The molecule has 1 amide bonds. The lowest BCUT2D eigenvalue weighted by molar-refractivity contribution is -0.131. The Kier molecular flexibility index (Phi) is 3.38. The van der Waals surface area contributed by atoms with Crippen molar-refractivity contribution in [2.75, 3.05) is 11.4 Å². The number of carbonyl (C=O) groups excluding carboxylic acids is 1. The van der Waals surface area contributed by atoms with E-state index in [1.807, 2.05) is 20.9 Å². The summed E-state index contributed by atoms with van der Waals surface area (Å²) in [5.41, 5.74) is 6.10. The van der Waals surface area contributed by atoms with E-state index in [-0.39, 0.29) is 11.9 Å². The van der Waals surface area contributed by atoms with Crippen LogP contribution in [0.15, 0.2) is 17.7 Å². The van der Waals surface area contributed by atoms with Crippen molar-refractivity contribution in [3.63, 3.8) is 0 Å². The van der Waals surface area contributed by atoms with E-state index in [9.17, 15) is 9.59 Å². The Hall–Kier alpha value is -2.35. The van der Waals surface area contributed by atoms with Crippen molar-refractivity contribution >= 4 is 40.1 Å². The molecule has 1 atom stereocenters. The third-order valence-electron chi connectivity index (χ3n) is 3.52. The van der Waals surface area contributed by atoms with E-state index in [0.717, 1.165) is 17.5 Å². The van der Waals surface area contributed by atoms with Crippen LogP contribution in [0.2, 0.25) is 0 Å². The maximum Gasteiger partial charge on any atom is 0.328 e. The third kappa shape index (κ3) is 2.38. The molecule has 0 bridgehead atoms. The summed E-state index contributed by atoms with van der Waals surface area (Å²) in [6.07, 6.45) is 5.96. The Labute approximate surface area is 124 Å². The molecule has 0 spiro atoms. The van der Waals surface area contributed by atoms with Crippen LogP contribution in [-0.4, -0.2) is 39.0 Å². The molecule has 1 saturated heterocycles. The van der Waals surface area contributed by atoms with Gasteiger partial charge < -0.3 is 15.7 Å². The molecule has 1 aliphatic heterocycles. The van der Waals surface area contributed by atoms with Gasteiger partial charge in [-0.15, -0.1) is 11.3 Å². The van der Waals surface area contributed by atoms with E-state index in [0.29, 0.717) is 24.5 Å². The summed E-state index contributed by atoms with van der Waals surface area (Å²) in [4.78, 5) is 29.5. The summed E-state index contributed by atoms with van der Waals surface area (Å²) in [5, 5.41) is 10.7. The number of primary amides is 1. The molecular formula is C13H14N4O3S. The van der Waals surface area contributed by atoms with Crippen LogP contribution >= 0.6 is 11.3 Å². The van der Waals surface area contributed by atoms with Crippen molar-refractivity contribution in [3.8, 4) is 0 Å². The molecule has 0 radical (unpaired) electrons. The van der Waals surface area contributed by atoms with Gasteiger partial charge in [0.1, 0.15) is 6.04 Å². The molecule has 1 unspecified atom stereocenters. The van der Waals surface area contributed by atoms with Crippen LogP contribution in [0.25, 0.3) is 11.0 Å². The Morgan fingerprint density at radius 2 is 2.33 bits per heavy atom. The zero-order chi connectivity index (χ0) is 15.0. The van der Waals surface area contributed by atoms with Gasteiger partial charge in [0.15, 0.2) is 10.8 Å². The minimum absolute atomic E-state index is 0.378. The summed E-state index contributed by atoms with van der Waals surface area (Å²) in [6, 6.07) is -0.383. The minimum atomic E-state index is -1.03. The number of thiazole rings is 1. The van der Waals surface area contributed by atoms with Crippen molar-refractivity contribution in [1.29, 1.82) is 0 Å². The van der Waals surface area contributed by atoms with Crippen LogP contribution in [0.1, 0.15) is 18.5 Å². The summed E-state index contributed by atoms with van der Waals surface area (Å²) in [5.74, 6) is -0.795. The number of nitrogens with two attached hydrogens (primary N) is 1. The first kappa shape index (κ1) is 13.6. The Balaban J connectivity index is 2.09. The standard InChI is InChI=1S/C13H14N4O3S/c14-11(20)8-2-1-5-16(8)12-9(3-4-10(18)19)17-6-7-21-13(17)15-12/h3-4,6-8H,1-2,5H2,(H2,14,20)(H,18,19)/b4-3+. The molecule has 1 aliphatic rings. The molecule has 3 heterocycles. The molecule has 0 saturated carbocycles. The number of anilines is 1. The second-order valence-corrected chi connectivity index (χ2v) is 5.67. The van der Waals surface area contributed by atoms with E-state index in [4.69, 9.17) is 10.8 Å². The largest absolute Gasteiger partial charge is 0.478 e. The number of imidazole rings is 1. The highest BCUT2D eigenvalue weighted by Crippen LogP contribution is 2.31. The predicted molar refractivity (Wildman–Crippen MR) is 79.3 cm³/mol. The number of carboxylic acid groups (broad SMARTS) is 1. The maximum atomic E-state index is 11.6. The lowest BCUT2D eigenvalue weighted by Crippen LogP contribution is -2.40. The molecule has 2 aromatic rings. The topological polar surface area (TPSA) is 101 Å². The molecule has 7 nitrogen and oxygen atoms in total. The summed E-state index contributed by atoms with van der Waals surface area (Å²) >= 11 is 1.45. The van der Waals surface area contributed by atoms with Gasteiger partial charge in [-0.05, 0) is 18.9 Å². The number of amides is 1. The fourth-order valence-electron chi connectivity index (χ4n) is 2.62. The van der Waals surface area contributed by atoms with Crippen LogP contribution in [0, 0.1) is 0 Å². The average Bonchev–Trinajstić information content (AvgIpc) is 3.10. The van der Waals surface area contributed by atoms with E-state index < -0.39 is 5.97 Å². The monoisotopic (exact) mass is 306 g/mol. The van der Waals surface area contributed by atoms with Crippen LogP contribution in [0.3, 0.4) is 0 Å². The van der Waals surface area contributed by atoms with Gasteiger partial charge in [-0.25, -0.2) is 9.78 Å². The van der Waals surface area contributed by atoms with Crippen molar-refractivity contribution < 1.29 is 14.7 Å². The van der Waals surface area contributed by atoms with Crippen LogP contribution in [-0.2, 0) is 9.59 Å². The third-order valence-corrected chi connectivity index (χ3v) is 4.27. The first-order valence-electron chi connectivity index (χ1n) is 6.50. The molecule has 3 N–H and O–H groups in total. The number of carboxylic acids is 1. The van der Waals surface area contributed by atoms with Gasteiger partial charge in [0.2, 0.25) is 5.91 Å². The zero-order valence-corrected chi connectivity index (χ0v) is 11.9. The van der Waals surface area contributed by atoms with E-state index in [2.05, 4.69) is 4.98 Å². The van der Waals surface area contributed by atoms with Crippen molar-refractivity contribution in [1.82, 2.24) is 9.38 Å². The average molecular weight is 306 g/mol. The summed E-state index contributed by atoms with van der Waals surface area (Å²) in [7, 11) is 0. The van der Waals surface area contributed by atoms with E-state index >= 15 is 0 Å². The number of carbonyl (C=O) groups is 2. The molecule has 110 valence electrons. The highest BCUT2D eigenvalue weighted by Gasteiger charge is 2.32. The lowest BCUT2D eigenvalue weighted by Gasteiger charge is -2.22. The Bertz CT molecular complexity index is 733. The van der Waals surface area contributed by atoms with Crippen molar-refractivity contribution in [3.05, 3.63) is 23.3 Å². The number of aromatic nitrogens is 2. The second-order valence-electron chi connectivity index (χ2n) is 4.80. The molecule has 3 rings (SSSR count).